The SMILES string of the molecule is CCc1c(C)[nH]c2ccc(N)cc12. The number of fused-ring (bicyclic) bond motifs is 1. The summed E-state index contributed by atoms with van der Waals surface area (Å²) in [5, 5.41) is 1.26. The van der Waals surface area contributed by atoms with E-state index in [0.717, 1.165) is 12.1 Å². The van der Waals surface area contributed by atoms with Crippen LogP contribution in [0.3, 0.4) is 0 Å². The molecule has 2 heteroatoms. The molecule has 1 heterocycles. The lowest BCUT2D eigenvalue weighted by Gasteiger charge is -1.96. The highest BCUT2D eigenvalue weighted by Crippen LogP contribution is 2.24. The number of nitrogens with one attached hydrogen (secondary N) is 1. The molecule has 2 aromatic rings. The Morgan fingerprint density at radius 1 is 1.38 bits per heavy atom. The van der Waals surface area contributed by atoms with E-state index in [1.807, 2.05) is 18.2 Å². The summed E-state index contributed by atoms with van der Waals surface area (Å²) < 4.78 is 0. The summed E-state index contributed by atoms with van der Waals surface area (Å²) in [5.41, 5.74) is 10.4. The molecular formula is C11H14N2. The van der Waals surface area contributed by atoms with Gasteiger partial charge < -0.3 is 10.7 Å². The summed E-state index contributed by atoms with van der Waals surface area (Å²) in [7, 11) is 0. The Hall–Kier alpha value is -1.44. The largest absolute Gasteiger partial charge is 0.399 e. The zero-order valence-corrected chi connectivity index (χ0v) is 8.02. The molecule has 1 aromatic carbocycles. The number of aromatic amines is 1. The van der Waals surface area contributed by atoms with Crippen LogP contribution in [0, 0.1) is 6.92 Å². The van der Waals surface area contributed by atoms with Gasteiger partial charge in [-0.25, -0.2) is 0 Å². The van der Waals surface area contributed by atoms with Crippen LogP contribution in [-0.2, 0) is 6.42 Å². The van der Waals surface area contributed by atoms with Crippen molar-refractivity contribution in [2.75, 3.05) is 5.73 Å². The summed E-state index contributed by atoms with van der Waals surface area (Å²) in [6.07, 6.45) is 1.05. The molecule has 0 unspecified atom stereocenters. The third kappa shape index (κ3) is 1.18. The van der Waals surface area contributed by atoms with Gasteiger partial charge in [0.2, 0.25) is 0 Å². The highest BCUT2D eigenvalue weighted by molar-refractivity contribution is 5.87. The highest BCUT2D eigenvalue weighted by atomic mass is 14.7. The van der Waals surface area contributed by atoms with Gasteiger partial charge in [-0.1, -0.05) is 6.92 Å². The minimum atomic E-state index is 0.834. The molecule has 0 fully saturated rings. The van der Waals surface area contributed by atoms with Crippen molar-refractivity contribution < 1.29 is 0 Å². The average Bonchev–Trinajstić information content (AvgIpc) is 2.40. The number of hydrogen-bond donors (Lipinski definition) is 2. The van der Waals surface area contributed by atoms with E-state index in [4.69, 9.17) is 5.73 Å². The number of aromatic nitrogens is 1. The number of hydrogen-bond acceptors (Lipinski definition) is 1. The number of rotatable bonds is 1. The molecule has 0 aliphatic carbocycles. The third-order valence-electron chi connectivity index (χ3n) is 2.50. The normalized spacial score (nSPS) is 10.9. The van der Waals surface area contributed by atoms with Crippen molar-refractivity contribution in [2.24, 2.45) is 0 Å². The zero-order chi connectivity index (χ0) is 9.42. The van der Waals surface area contributed by atoms with Crippen LogP contribution in [0.25, 0.3) is 10.9 Å². The lowest BCUT2D eigenvalue weighted by atomic mass is 10.1. The summed E-state index contributed by atoms with van der Waals surface area (Å²) in [5.74, 6) is 0. The van der Waals surface area contributed by atoms with E-state index in [2.05, 4.69) is 18.8 Å². The Bertz CT molecular complexity index is 441. The van der Waals surface area contributed by atoms with E-state index in [1.165, 1.54) is 22.2 Å². The first-order valence-corrected chi connectivity index (χ1v) is 4.59. The number of benzene rings is 1. The van der Waals surface area contributed by atoms with Gasteiger partial charge in [-0.2, -0.15) is 0 Å². The van der Waals surface area contributed by atoms with Crippen LogP contribution in [0.15, 0.2) is 18.2 Å². The first kappa shape index (κ1) is 8.17. The predicted octanol–water partition coefficient (Wildman–Crippen LogP) is 2.62. The van der Waals surface area contributed by atoms with Gasteiger partial charge in [0.15, 0.2) is 0 Å². The fraction of sp³-hybridized carbons (Fsp3) is 0.273. The van der Waals surface area contributed by atoms with Crippen LogP contribution < -0.4 is 5.73 Å². The van der Waals surface area contributed by atoms with Crippen LogP contribution >= 0.6 is 0 Å². The summed E-state index contributed by atoms with van der Waals surface area (Å²) in [4.78, 5) is 3.35. The van der Waals surface area contributed by atoms with Gasteiger partial charge in [0.25, 0.3) is 0 Å². The molecule has 0 aliphatic heterocycles. The molecule has 0 saturated carbocycles. The van der Waals surface area contributed by atoms with Crippen molar-refractivity contribution in [3.63, 3.8) is 0 Å². The van der Waals surface area contributed by atoms with Crippen LogP contribution in [-0.4, -0.2) is 4.98 Å². The van der Waals surface area contributed by atoms with E-state index >= 15 is 0 Å². The average molecular weight is 174 g/mol. The monoisotopic (exact) mass is 174 g/mol. The standard InChI is InChI=1S/C11H14N2/c1-3-9-7(2)13-11-5-4-8(12)6-10(9)11/h4-6,13H,3,12H2,1-2H3. The summed E-state index contributed by atoms with van der Waals surface area (Å²) >= 11 is 0. The molecule has 3 N–H and O–H groups in total. The minimum Gasteiger partial charge on any atom is -0.399 e. The molecule has 0 amide bonds. The van der Waals surface area contributed by atoms with E-state index in [1.54, 1.807) is 0 Å². The highest BCUT2D eigenvalue weighted by Gasteiger charge is 2.05. The van der Waals surface area contributed by atoms with E-state index in [-0.39, 0.29) is 0 Å². The Kier molecular flexibility index (Phi) is 1.76. The quantitative estimate of drug-likeness (QED) is 0.641. The minimum absolute atomic E-state index is 0.834. The molecule has 1 aromatic heterocycles. The molecule has 13 heavy (non-hydrogen) atoms. The molecule has 0 radical (unpaired) electrons. The second-order valence-corrected chi connectivity index (χ2v) is 3.39. The van der Waals surface area contributed by atoms with Crippen LogP contribution in [0.1, 0.15) is 18.2 Å². The third-order valence-corrected chi connectivity index (χ3v) is 2.50. The number of nitrogen functional groups attached to an aromatic ring is 1. The summed E-state index contributed by atoms with van der Waals surface area (Å²) in [6, 6.07) is 6.01. The second-order valence-electron chi connectivity index (χ2n) is 3.39. The van der Waals surface area contributed by atoms with Crippen LogP contribution in [0.2, 0.25) is 0 Å². The number of nitrogens with two attached hydrogens (primary N) is 1. The zero-order valence-electron chi connectivity index (χ0n) is 8.02. The molecular weight excluding hydrogens is 160 g/mol. The van der Waals surface area contributed by atoms with Crippen molar-refractivity contribution in [2.45, 2.75) is 20.3 Å². The van der Waals surface area contributed by atoms with Gasteiger partial charge in [0, 0.05) is 22.3 Å². The number of H-pyrrole nitrogens is 1. The van der Waals surface area contributed by atoms with Gasteiger partial charge in [-0.3, -0.25) is 0 Å². The Labute approximate surface area is 77.8 Å². The predicted molar refractivity (Wildman–Crippen MR) is 56.8 cm³/mol. The molecule has 0 saturated heterocycles. The molecule has 0 aliphatic rings. The maximum absolute atomic E-state index is 5.74. The maximum Gasteiger partial charge on any atom is 0.0460 e. The topological polar surface area (TPSA) is 41.8 Å². The Balaban J connectivity index is 2.80. The summed E-state index contributed by atoms with van der Waals surface area (Å²) in [6.45, 7) is 4.27. The van der Waals surface area contributed by atoms with Crippen molar-refractivity contribution in [1.29, 1.82) is 0 Å². The molecule has 0 atom stereocenters. The van der Waals surface area contributed by atoms with Gasteiger partial charge >= 0.3 is 0 Å². The van der Waals surface area contributed by atoms with Gasteiger partial charge in [0.05, 0.1) is 0 Å². The van der Waals surface area contributed by atoms with Gasteiger partial charge in [0.1, 0.15) is 0 Å². The van der Waals surface area contributed by atoms with Crippen molar-refractivity contribution in [3.05, 3.63) is 29.5 Å². The Morgan fingerprint density at radius 2 is 2.15 bits per heavy atom. The number of aryl methyl sites for hydroxylation is 2. The lowest BCUT2D eigenvalue weighted by Crippen LogP contribution is -1.84. The first-order chi connectivity index (χ1) is 6.22. The Morgan fingerprint density at radius 3 is 2.85 bits per heavy atom. The van der Waals surface area contributed by atoms with Crippen LogP contribution in [0.4, 0.5) is 5.69 Å². The molecule has 0 bridgehead atoms. The maximum atomic E-state index is 5.74. The lowest BCUT2D eigenvalue weighted by molar-refractivity contribution is 1.11. The van der Waals surface area contributed by atoms with E-state index < -0.39 is 0 Å². The van der Waals surface area contributed by atoms with Gasteiger partial charge in [-0.05, 0) is 37.1 Å². The first-order valence-electron chi connectivity index (χ1n) is 4.59. The smallest absolute Gasteiger partial charge is 0.0460 e. The van der Waals surface area contributed by atoms with E-state index in [0.29, 0.717) is 0 Å². The molecule has 2 nitrogen and oxygen atoms in total. The van der Waals surface area contributed by atoms with Crippen LogP contribution in [0.5, 0.6) is 0 Å². The van der Waals surface area contributed by atoms with Crippen molar-refractivity contribution in [3.8, 4) is 0 Å². The van der Waals surface area contributed by atoms with E-state index in [9.17, 15) is 0 Å². The van der Waals surface area contributed by atoms with Gasteiger partial charge in [-0.15, -0.1) is 0 Å². The number of anilines is 1. The second kappa shape index (κ2) is 2.80. The fourth-order valence-electron chi connectivity index (χ4n) is 1.86. The molecule has 0 spiro atoms. The van der Waals surface area contributed by atoms with Crippen molar-refractivity contribution >= 4 is 16.6 Å². The molecule has 2 rings (SSSR count). The van der Waals surface area contributed by atoms with Crippen molar-refractivity contribution in [1.82, 2.24) is 4.98 Å². The molecule has 68 valence electrons. The fourth-order valence-corrected chi connectivity index (χ4v) is 1.86.